The van der Waals surface area contributed by atoms with Gasteiger partial charge in [0, 0.05) is 6.04 Å². The van der Waals surface area contributed by atoms with Crippen LogP contribution in [0.5, 0.6) is 5.75 Å². The highest BCUT2D eigenvalue weighted by molar-refractivity contribution is 5.78. The number of fused-ring (bicyclic) bond motifs is 1. The van der Waals surface area contributed by atoms with Crippen molar-refractivity contribution in [2.45, 2.75) is 51.7 Å². The molecule has 1 aromatic rings. The van der Waals surface area contributed by atoms with Gasteiger partial charge in [-0.2, -0.15) is 0 Å². The van der Waals surface area contributed by atoms with Crippen molar-refractivity contribution in [2.75, 3.05) is 6.54 Å². The lowest BCUT2D eigenvalue weighted by Crippen LogP contribution is -2.31. The Bertz CT molecular complexity index is 474. The maximum atomic E-state index is 11.1. The molecule has 0 saturated heterocycles. The fourth-order valence-corrected chi connectivity index (χ4v) is 2.64. The predicted octanol–water partition coefficient (Wildman–Crippen LogP) is 2.32. The lowest BCUT2D eigenvalue weighted by atomic mass is 9.87. The first kappa shape index (κ1) is 14.9. The zero-order valence-electron chi connectivity index (χ0n) is 12.3. The van der Waals surface area contributed by atoms with E-state index in [1.165, 1.54) is 17.5 Å². The van der Waals surface area contributed by atoms with Crippen LogP contribution in [-0.2, 0) is 11.2 Å². The number of rotatable bonds is 6. The van der Waals surface area contributed by atoms with Gasteiger partial charge < -0.3 is 15.8 Å². The second kappa shape index (κ2) is 6.75. The third-order valence-electron chi connectivity index (χ3n) is 3.79. The third-order valence-corrected chi connectivity index (χ3v) is 3.79. The summed E-state index contributed by atoms with van der Waals surface area (Å²) < 4.78 is 5.59. The van der Waals surface area contributed by atoms with E-state index < -0.39 is 12.0 Å². The first-order valence-electron chi connectivity index (χ1n) is 7.44. The van der Waals surface area contributed by atoms with Crippen molar-refractivity contribution in [3.05, 3.63) is 29.3 Å². The molecule has 0 aliphatic heterocycles. The number of carbonyl (C=O) groups is 1. The Hall–Kier alpha value is -1.55. The van der Waals surface area contributed by atoms with Crippen LogP contribution in [0.3, 0.4) is 0 Å². The van der Waals surface area contributed by atoms with Crippen LogP contribution in [0.4, 0.5) is 0 Å². The minimum atomic E-state index is -0.598. The van der Waals surface area contributed by atoms with Gasteiger partial charge in [0.1, 0.15) is 5.75 Å². The van der Waals surface area contributed by atoms with Crippen molar-refractivity contribution in [2.24, 2.45) is 5.73 Å². The molecule has 0 radical (unpaired) electrons. The van der Waals surface area contributed by atoms with Crippen LogP contribution in [0.15, 0.2) is 18.2 Å². The van der Waals surface area contributed by atoms with E-state index in [9.17, 15) is 4.79 Å². The van der Waals surface area contributed by atoms with Crippen LogP contribution in [-0.4, -0.2) is 18.6 Å². The number of ether oxygens (including phenoxy) is 1. The molecule has 4 heteroatoms. The van der Waals surface area contributed by atoms with Gasteiger partial charge in [0.15, 0.2) is 6.10 Å². The van der Waals surface area contributed by atoms with Crippen LogP contribution in [0.2, 0.25) is 0 Å². The number of hydrogen-bond donors (Lipinski definition) is 2. The fourth-order valence-electron chi connectivity index (χ4n) is 2.64. The van der Waals surface area contributed by atoms with Crippen molar-refractivity contribution in [3.63, 3.8) is 0 Å². The minimum absolute atomic E-state index is 0.395. The highest BCUT2D eigenvalue weighted by Gasteiger charge is 2.21. The van der Waals surface area contributed by atoms with Crippen LogP contribution < -0.4 is 15.8 Å². The summed E-state index contributed by atoms with van der Waals surface area (Å²) in [7, 11) is 0. The van der Waals surface area contributed by atoms with Crippen molar-refractivity contribution >= 4 is 5.91 Å². The zero-order chi connectivity index (χ0) is 14.5. The molecule has 1 aliphatic rings. The van der Waals surface area contributed by atoms with Crippen LogP contribution in [0.25, 0.3) is 0 Å². The molecule has 1 amide bonds. The molecule has 2 unspecified atom stereocenters. The lowest BCUT2D eigenvalue weighted by molar-refractivity contribution is -0.123. The van der Waals surface area contributed by atoms with Gasteiger partial charge in [0.25, 0.3) is 5.91 Å². The van der Waals surface area contributed by atoms with Gasteiger partial charge in [-0.05, 0) is 62.4 Å². The monoisotopic (exact) mass is 276 g/mol. The number of aryl methyl sites for hydroxylation is 1. The molecular formula is C16H24N2O2. The molecule has 110 valence electrons. The van der Waals surface area contributed by atoms with E-state index in [-0.39, 0.29) is 0 Å². The van der Waals surface area contributed by atoms with Gasteiger partial charge in [-0.3, -0.25) is 4.79 Å². The van der Waals surface area contributed by atoms with Crippen LogP contribution in [0.1, 0.15) is 50.3 Å². The van der Waals surface area contributed by atoms with Crippen LogP contribution in [0, 0.1) is 0 Å². The van der Waals surface area contributed by atoms with Crippen molar-refractivity contribution < 1.29 is 9.53 Å². The molecule has 20 heavy (non-hydrogen) atoms. The Morgan fingerprint density at radius 3 is 3.05 bits per heavy atom. The third kappa shape index (κ3) is 3.51. The Kier molecular flexibility index (Phi) is 5.01. The average Bonchev–Trinajstić information content (AvgIpc) is 2.44. The van der Waals surface area contributed by atoms with E-state index in [1.54, 1.807) is 6.92 Å². The smallest absolute Gasteiger partial charge is 0.258 e. The maximum absolute atomic E-state index is 11.1. The number of carbonyl (C=O) groups excluding carboxylic acids is 1. The van der Waals surface area contributed by atoms with Gasteiger partial charge in [-0.25, -0.2) is 0 Å². The number of nitrogens with one attached hydrogen (secondary N) is 1. The molecule has 0 spiro atoms. The highest BCUT2D eigenvalue weighted by atomic mass is 16.5. The molecule has 3 N–H and O–H groups in total. The standard InChI is InChI=1S/C16H24N2O2/c1-3-9-18-15-6-4-5-12-7-8-13(10-14(12)15)20-11(2)16(17)19/h7-8,10-11,15,18H,3-6,9H2,1-2H3,(H2,17,19). The van der Waals surface area contributed by atoms with E-state index in [0.717, 1.165) is 31.6 Å². The number of primary amides is 1. The highest BCUT2D eigenvalue weighted by Crippen LogP contribution is 2.32. The summed E-state index contributed by atoms with van der Waals surface area (Å²) in [6, 6.07) is 6.49. The van der Waals surface area contributed by atoms with Crippen molar-refractivity contribution in [3.8, 4) is 5.75 Å². The number of amides is 1. The minimum Gasteiger partial charge on any atom is -0.481 e. The molecule has 0 bridgehead atoms. The van der Waals surface area contributed by atoms with E-state index in [4.69, 9.17) is 10.5 Å². The SMILES string of the molecule is CCCNC1CCCc2ccc(OC(C)C(N)=O)cc21. The van der Waals surface area contributed by atoms with Crippen LogP contribution >= 0.6 is 0 Å². The molecular weight excluding hydrogens is 252 g/mol. The zero-order valence-corrected chi connectivity index (χ0v) is 12.3. The summed E-state index contributed by atoms with van der Waals surface area (Å²) in [6.07, 6.45) is 4.01. The first-order chi connectivity index (χ1) is 9.61. The maximum Gasteiger partial charge on any atom is 0.258 e. The Labute approximate surface area is 120 Å². The normalized spacial score (nSPS) is 19.2. The van der Waals surface area contributed by atoms with Crippen molar-refractivity contribution in [1.82, 2.24) is 5.32 Å². The van der Waals surface area contributed by atoms with Gasteiger partial charge in [0.05, 0.1) is 0 Å². The Morgan fingerprint density at radius 1 is 1.55 bits per heavy atom. The number of benzene rings is 1. The van der Waals surface area contributed by atoms with Gasteiger partial charge in [0.2, 0.25) is 0 Å². The second-order valence-corrected chi connectivity index (χ2v) is 5.42. The summed E-state index contributed by atoms with van der Waals surface area (Å²) >= 11 is 0. The molecule has 0 saturated carbocycles. The molecule has 2 atom stereocenters. The molecule has 1 aliphatic carbocycles. The molecule has 4 nitrogen and oxygen atoms in total. The van der Waals surface area contributed by atoms with Crippen molar-refractivity contribution in [1.29, 1.82) is 0 Å². The topological polar surface area (TPSA) is 64.3 Å². The van der Waals surface area contributed by atoms with E-state index in [0.29, 0.717) is 6.04 Å². The Morgan fingerprint density at radius 2 is 2.35 bits per heavy atom. The molecule has 0 fully saturated rings. The largest absolute Gasteiger partial charge is 0.481 e. The molecule has 0 aromatic heterocycles. The predicted molar refractivity (Wildman–Crippen MR) is 79.7 cm³/mol. The summed E-state index contributed by atoms with van der Waals surface area (Å²) in [5, 5.41) is 3.58. The number of nitrogens with two attached hydrogens (primary N) is 1. The molecule has 0 heterocycles. The van der Waals surface area contributed by atoms with E-state index in [2.05, 4.69) is 24.4 Å². The lowest BCUT2D eigenvalue weighted by Gasteiger charge is -2.27. The van der Waals surface area contributed by atoms with Gasteiger partial charge >= 0.3 is 0 Å². The second-order valence-electron chi connectivity index (χ2n) is 5.42. The summed E-state index contributed by atoms with van der Waals surface area (Å²) in [4.78, 5) is 11.1. The summed E-state index contributed by atoms with van der Waals surface area (Å²) in [6.45, 7) is 4.87. The van der Waals surface area contributed by atoms with E-state index >= 15 is 0 Å². The summed E-state index contributed by atoms with van der Waals surface area (Å²) in [5.41, 5.74) is 7.92. The van der Waals surface area contributed by atoms with Gasteiger partial charge in [-0.1, -0.05) is 13.0 Å². The number of hydrogen-bond acceptors (Lipinski definition) is 3. The van der Waals surface area contributed by atoms with Gasteiger partial charge in [-0.15, -0.1) is 0 Å². The quantitative estimate of drug-likeness (QED) is 0.838. The fraction of sp³-hybridized carbons (Fsp3) is 0.562. The Balaban J connectivity index is 2.16. The molecule has 2 rings (SSSR count). The molecule has 1 aromatic carbocycles. The average molecular weight is 276 g/mol. The summed E-state index contributed by atoms with van der Waals surface area (Å²) in [5.74, 6) is 0.281. The first-order valence-corrected chi connectivity index (χ1v) is 7.44. The van der Waals surface area contributed by atoms with E-state index in [1.807, 2.05) is 6.07 Å².